The van der Waals surface area contributed by atoms with Crippen LogP contribution in [0.2, 0.25) is 0 Å². The quantitative estimate of drug-likeness (QED) is 0.366. The van der Waals surface area contributed by atoms with Crippen molar-refractivity contribution in [2.24, 2.45) is 4.76 Å². The minimum atomic E-state index is -3.08. The zero-order chi connectivity index (χ0) is 17.8. The molecule has 0 saturated heterocycles. The Balaban J connectivity index is 1.79. The topological polar surface area (TPSA) is 29.4 Å². The second kappa shape index (κ2) is 7.11. The summed E-state index contributed by atoms with van der Waals surface area (Å²) in [5.74, 6) is 0. The molecule has 0 atom stereocenters. The van der Waals surface area contributed by atoms with Crippen LogP contribution in [0.4, 0.5) is 0 Å². The number of fused-ring (bicyclic) bond motifs is 1. The molecule has 0 aromatic heterocycles. The third kappa shape index (κ3) is 3.24. The second-order valence-corrected chi connectivity index (χ2v) is 8.51. The lowest BCUT2D eigenvalue weighted by Gasteiger charge is -2.14. The van der Waals surface area contributed by atoms with Crippen LogP contribution in [0.3, 0.4) is 0 Å². The molecule has 0 saturated carbocycles. The summed E-state index contributed by atoms with van der Waals surface area (Å²) in [5.41, 5.74) is 0.941. The second-order valence-electron chi connectivity index (χ2n) is 6.10. The van der Waals surface area contributed by atoms with Gasteiger partial charge in [0.15, 0.2) is 0 Å². The van der Waals surface area contributed by atoms with Crippen molar-refractivity contribution in [1.29, 1.82) is 0 Å². The minimum absolute atomic E-state index is 0.739. The van der Waals surface area contributed by atoms with Crippen molar-refractivity contribution in [1.82, 2.24) is 0 Å². The fourth-order valence-electron chi connectivity index (χ4n) is 2.98. The molecule has 0 spiro atoms. The van der Waals surface area contributed by atoms with Crippen molar-refractivity contribution >= 4 is 34.9 Å². The van der Waals surface area contributed by atoms with Crippen LogP contribution in [0.15, 0.2) is 108 Å². The lowest BCUT2D eigenvalue weighted by atomic mass is 10.1. The van der Waals surface area contributed by atoms with Gasteiger partial charge in [0.05, 0.1) is 0 Å². The fourth-order valence-corrected chi connectivity index (χ4v) is 4.99. The van der Waals surface area contributed by atoms with E-state index in [1.54, 1.807) is 6.21 Å². The number of hydrogen-bond acceptors (Lipinski definition) is 1. The molecular formula is C23H18NOP. The standard InChI is InChI=1S/C23H18NOP/c25-26(22-11-3-1-4-12-22,23-13-5-2-6-14-23)24-18-19-15-16-20-9-7-8-10-21(20)17-19/h1-18H/b24-18+. The van der Waals surface area contributed by atoms with Gasteiger partial charge in [-0.05, 0) is 46.7 Å². The van der Waals surface area contributed by atoms with E-state index in [2.05, 4.69) is 29.0 Å². The maximum atomic E-state index is 13.9. The van der Waals surface area contributed by atoms with Crippen LogP contribution >= 0.6 is 7.29 Å². The fraction of sp³-hybridized carbons (Fsp3) is 0. The van der Waals surface area contributed by atoms with E-state index in [1.807, 2.05) is 78.9 Å². The number of benzene rings is 4. The first-order chi connectivity index (χ1) is 12.8. The molecule has 0 aliphatic rings. The molecule has 4 aromatic carbocycles. The van der Waals surface area contributed by atoms with Gasteiger partial charge in [-0.3, -0.25) is 4.57 Å². The first-order valence-electron chi connectivity index (χ1n) is 8.51. The van der Waals surface area contributed by atoms with E-state index in [0.717, 1.165) is 21.6 Å². The largest absolute Gasteiger partial charge is 0.288 e. The van der Waals surface area contributed by atoms with Gasteiger partial charge in [0.2, 0.25) is 7.29 Å². The molecule has 0 bridgehead atoms. The summed E-state index contributed by atoms with van der Waals surface area (Å²) >= 11 is 0. The summed E-state index contributed by atoms with van der Waals surface area (Å²) in [5, 5.41) is 3.80. The van der Waals surface area contributed by atoms with Gasteiger partial charge in [-0.25, -0.2) is 4.76 Å². The molecule has 0 N–H and O–H groups in total. The molecule has 126 valence electrons. The van der Waals surface area contributed by atoms with E-state index in [-0.39, 0.29) is 0 Å². The maximum Gasteiger partial charge on any atom is 0.247 e. The number of rotatable bonds is 4. The van der Waals surface area contributed by atoms with Crippen molar-refractivity contribution in [2.75, 3.05) is 0 Å². The Hall–Kier alpha value is -2.96. The van der Waals surface area contributed by atoms with Crippen LogP contribution in [-0.2, 0) is 4.57 Å². The first kappa shape index (κ1) is 16.5. The summed E-state index contributed by atoms with van der Waals surface area (Å²) in [6.45, 7) is 0. The molecule has 2 nitrogen and oxygen atoms in total. The van der Waals surface area contributed by atoms with E-state index < -0.39 is 7.29 Å². The van der Waals surface area contributed by atoms with Gasteiger partial charge in [0.1, 0.15) is 0 Å². The highest BCUT2D eigenvalue weighted by molar-refractivity contribution is 7.77. The lowest BCUT2D eigenvalue weighted by Crippen LogP contribution is -2.14. The molecule has 4 rings (SSSR count). The molecule has 0 amide bonds. The average Bonchev–Trinajstić information content (AvgIpc) is 2.73. The zero-order valence-electron chi connectivity index (χ0n) is 14.2. The van der Waals surface area contributed by atoms with Crippen molar-refractivity contribution in [3.8, 4) is 0 Å². The predicted molar refractivity (Wildman–Crippen MR) is 111 cm³/mol. The first-order valence-corrected chi connectivity index (χ1v) is 10.2. The summed E-state index contributed by atoms with van der Waals surface area (Å²) in [6.07, 6.45) is 1.73. The Morgan fingerprint density at radius 1 is 0.615 bits per heavy atom. The molecule has 0 unspecified atom stereocenters. The summed E-state index contributed by atoms with van der Waals surface area (Å²) in [6, 6.07) is 33.3. The Kier molecular flexibility index (Phi) is 4.51. The molecule has 0 fully saturated rings. The van der Waals surface area contributed by atoms with Gasteiger partial charge in [-0.15, -0.1) is 0 Å². The average molecular weight is 355 g/mol. The Labute approximate surface area is 153 Å². The van der Waals surface area contributed by atoms with Gasteiger partial charge in [-0.1, -0.05) is 72.8 Å². The summed E-state index contributed by atoms with van der Waals surface area (Å²) in [4.78, 5) is 0. The molecule has 4 aromatic rings. The van der Waals surface area contributed by atoms with E-state index >= 15 is 0 Å². The van der Waals surface area contributed by atoms with Crippen molar-refractivity contribution < 1.29 is 4.57 Å². The predicted octanol–water partition coefficient (Wildman–Crippen LogP) is 5.19. The van der Waals surface area contributed by atoms with Gasteiger partial charge in [-0.2, -0.15) is 0 Å². The smallest absolute Gasteiger partial charge is 0.247 e. The molecular weight excluding hydrogens is 337 g/mol. The Morgan fingerprint density at radius 2 is 1.15 bits per heavy atom. The van der Waals surface area contributed by atoms with Crippen LogP contribution < -0.4 is 10.6 Å². The van der Waals surface area contributed by atoms with Gasteiger partial charge < -0.3 is 0 Å². The molecule has 3 heteroatoms. The monoisotopic (exact) mass is 355 g/mol. The number of hydrogen-bond donors (Lipinski definition) is 0. The molecule has 0 aliphatic heterocycles. The third-order valence-electron chi connectivity index (χ3n) is 4.36. The highest BCUT2D eigenvalue weighted by atomic mass is 31.2. The van der Waals surface area contributed by atoms with E-state index in [0.29, 0.717) is 0 Å². The van der Waals surface area contributed by atoms with E-state index in [9.17, 15) is 4.57 Å². The van der Waals surface area contributed by atoms with Gasteiger partial charge >= 0.3 is 0 Å². The zero-order valence-corrected chi connectivity index (χ0v) is 15.1. The SMILES string of the molecule is O=P(/N=C/c1ccc2ccccc2c1)(c1ccccc1)c1ccccc1. The number of nitrogens with zero attached hydrogens (tertiary/aromatic N) is 1. The highest BCUT2D eigenvalue weighted by Gasteiger charge is 2.25. The van der Waals surface area contributed by atoms with E-state index in [1.165, 1.54) is 5.39 Å². The molecule has 0 radical (unpaired) electrons. The van der Waals surface area contributed by atoms with Crippen LogP contribution in [0.1, 0.15) is 5.56 Å². The Morgan fingerprint density at radius 3 is 1.77 bits per heavy atom. The normalized spacial score (nSPS) is 11.8. The van der Waals surface area contributed by atoms with Crippen LogP contribution in [-0.4, -0.2) is 6.21 Å². The van der Waals surface area contributed by atoms with E-state index in [4.69, 9.17) is 0 Å². The van der Waals surface area contributed by atoms with Crippen LogP contribution in [0, 0.1) is 0 Å². The molecule has 26 heavy (non-hydrogen) atoms. The van der Waals surface area contributed by atoms with Gasteiger partial charge in [0.25, 0.3) is 0 Å². The minimum Gasteiger partial charge on any atom is -0.288 e. The van der Waals surface area contributed by atoms with Crippen molar-refractivity contribution in [3.05, 3.63) is 109 Å². The maximum absolute atomic E-state index is 13.9. The summed E-state index contributed by atoms with van der Waals surface area (Å²) in [7, 11) is -3.08. The third-order valence-corrected chi connectivity index (χ3v) is 6.79. The van der Waals surface area contributed by atoms with Gasteiger partial charge in [0, 0.05) is 16.8 Å². The van der Waals surface area contributed by atoms with Crippen LogP contribution in [0.25, 0.3) is 10.8 Å². The van der Waals surface area contributed by atoms with Crippen molar-refractivity contribution in [3.63, 3.8) is 0 Å². The van der Waals surface area contributed by atoms with Crippen molar-refractivity contribution in [2.45, 2.75) is 0 Å². The van der Waals surface area contributed by atoms with Crippen LogP contribution in [0.5, 0.6) is 0 Å². The molecule has 0 aliphatic carbocycles. The summed E-state index contributed by atoms with van der Waals surface area (Å²) < 4.78 is 18.5. The lowest BCUT2D eigenvalue weighted by molar-refractivity contribution is 0.588. The highest BCUT2D eigenvalue weighted by Crippen LogP contribution is 2.44. The Bertz CT molecular complexity index is 1060. The molecule has 0 heterocycles.